The molecule has 0 radical (unpaired) electrons. The highest BCUT2D eigenvalue weighted by molar-refractivity contribution is 5.90. The van der Waals surface area contributed by atoms with Crippen molar-refractivity contribution in [3.8, 4) is 112 Å². The number of rotatable bonds is 8. The summed E-state index contributed by atoms with van der Waals surface area (Å²) in [6, 6.07) is 84.1. The van der Waals surface area contributed by atoms with Crippen molar-refractivity contribution < 1.29 is 0 Å². The van der Waals surface area contributed by atoms with Gasteiger partial charge in [-0.15, -0.1) is 0 Å². The molecule has 0 aliphatic heterocycles. The van der Waals surface area contributed by atoms with Crippen LogP contribution in [0.1, 0.15) is 49.9 Å². The van der Waals surface area contributed by atoms with Crippen molar-refractivity contribution in [1.29, 1.82) is 0 Å². The van der Waals surface area contributed by atoms with Crippen LogP contribution in [-0.4, -0.2) is 9.97 Å². The summed E-state index contributed by atoms with van der Waals surface area (Å²) in [5.74, 6) is 0. The van der Waals surface area contributed by atoms with Gasteiger partial charge in [0, 0.05) is 45.5 Å². The van der Waals surface area contributed by atoms with Crippen molar-refractivity contribution in [2.24, 2.45) is 0 Å². The van der Waals surface area contributed by atoms with Crippen molar-refractivity contribution in [2.75, 3.05) is 0 Å². The molecule has 0 N–H and O–H groups in total. The van der Waals surface area contributed by atoms with E-state index in [9.17, 15) is 0 Å². The van der Waals surface area contributed by atoms with Gasteiger partial charge in [-0.1, -0.05) is 216 Å². The van der Waals surface area contributed by atoms with Gasteiger partial charge in [0.2, 0.25) is 0 Å². The Balaban J connectivity index is 0.754. The van der Waals surface area contributed by atoms with E-state index in [1.807, 2.05) is 12.4 Å². The standard InChI is InChI=1S/C70H52N2/c1-69(2)63-28-11-9-26-59(63)61-34-30-47(41-65(61)69)45-16-13-20-51(38-45)67-36-32-53(43-71-67)57-24-7-5-22-55(57)49-18-15-19-50(40-49)56-23-6-8-25-58(56)54-33-37-68(72-44-54)52-21-14-17-46(39-52)48-31-35-62-60-27-10-12-29-64(60)70(3,4)66(62)42-48/h5-44H,1-4H3. The predicted octanol–water partition coefficient (Wildman–Crippen LogP) is 18.4. The van der Waals surface area contributed by atoms with Gasteiger partial charge in [-0.2, -0.15) is 0 Å². The average Bonchev–Trinajstić information content (AvgIpc) is 3.82. The summed E-state index contributed by atoms with van der Waals surface area (Å²) in [6.07, 6.45) is 4.05. The predicted molar refractivity (Wildman–Crippen MR) is 301 cm³/mol. The van der Waals surface area contributed by atoms with Gasteiger partial charge in [-0.05, 0) is 143 Å². The van der Waals surface area contributed by atoms with Gasteiger partial charge in [0.05, 0.1) is 11.4 Å². The minimum Gasteiger partial charge on any atom is -0.256 e. The van der Waals surface area contributed by atoms with Gasteiger partial charge < -0.3 is 0 Å². The largest absolute Gasteiger partial charge is 0.256 e. The molecule has 0 amide bonds. The van der Waals surface area contributed by atoms with E-state index in [2.05, 4.69) is 258 Å². The molecule has 0 fully saturated rings. The quantitative estimate of drug-likeness (QED) is 0.152. The number of benzene rings is 9. The van der Waals surface area contributed by atoms with Gasteiger partial charge in [0.1, 0.15) is 0 Å². The SMILES string of the molecule is CC1(C)c2ccccc2-c2ccc(-c3cccc(-c4ccc(-c5ccccc5-c5cccc(-c6ccccc6-c6ccc(-c7cccc(-c8ccc9c(c8)C(C)(C)c8ccccc8-9)c7)nc6)c5)cn4)c3)cc21. The van der Waals surface area contributed by atoms with Crippen molar-refractivity contribution in [2.45, 2.75) is 38.5 Å². The van der Waals surface area contributed by atoms with Crippen LogP contribution >= 0.6 is 0 Å². The zero-order chi connectivity index (χ0) is 48.6. The first-order chi connectivity index (χ1) is 35.2. The average molecular weight is 921 g/mol. The van der Waals surface area contributed by atoms with Crippen LogP contribution in [0.25, 0.3) is 112 Å². The molecule has 2 heteroatoms. The third-order valence-corrected chi connectivity index (χ3v) is 15.6. The lowest BCUT2D eigenvalue weighted by Crippen LogP contribution is -2.14. The topological polar surface area (TPSA) is 25.8 Å². The second kappa shape index (κ2) is 17.0. The Labute approximate surface area is 423 Å². The van der Waals surface area contributed by atoms with Crippen molar-refractivity contribution in [1.82, 2.24) is 9.97 Å². The fraction of sp³-hybridized carbons (Fsp3) is 0.0857. The molecule has 13 rings (SSSR count). The number of hydrogen-bond acceptors (Lipinski definition) is 2. The van der Waals surface area contributed by atoms with Crippen LogP contribution in [-0.2, 0) is 10.8 Å². The molecule has 2 aliphatic carbocycles. The van der Waals surface area contributed by atoms with E-state index in [0.717, 1.165) is 67.0 Å². The Kier molecular flexibility index (Phi) is 10.2. The monoisotopic (exact) mass is 920 g/mol. The highest BCUT2D eigenvalue weighted by Crippen LogP contribution is 2.51. The van der Waals surface area contributed by atoms with E-state index in [1.165, 1.54) is 66.8 Å². The molecule has 2 aromatic heterocycles. The van der Waals surface area contributed by atoms with Crippen LogP contribution in [0.3, 0.4) is 0 Å². The maximum absolute atomic E-state index is 5.07. The van der Waals surface area contributed by atoms with Crippen LogP contribution in [0, 0.1) is 0 Å². The summed E-state index contributed by atoms with van der Waals surface area (Å²) in [5.41, 5.74) is 28.8. The fourth-order valence-electron chi connectivity index (χ4n) is 11.8. The summed E-state index contributed by atoms with van der Waals surface area (Å²) < 4.78 is 0. The van der Waals surface area contributed by atoms with Crippen LogP contribution in [0.4, 0.5) is 0 Å². The second-order valence-corrected chi connectivity index (χ2v) is 20.6. The molecule has 0 bridgehead atoms. The summed E-state index contributed by atoms with van der Waals surface area (Å²) in [7, 11) is 0. The highest BCUT2D eigenvalue weighted by atomic mass is 14.7. The molecule has 0 saturated carbocycles. The molecular weight excluding hydrogens is 869 g/mol. The summed E-state index contributed by atoms with van der Waals surface area (Å²) in [6.45, 7) is 9.36. The van der Waals surface area contributed by atoms with Crippen molar-refractivity contribution in [3.63, 3.8) is 0 Å². The molecule has 11 aromatic rings. The lowest BCUT2D eigenvalue weighted by Gasteiger charge is -2.22. The van der Waals surface area contributed by atoms with Gasteiger partial charge in [-0.3, -0.25) is 9.97 Å². The minimum absolute atomic E-state index is 0.0448. The maximum Gasteiger partial charge on any atom is 0.0702 e. The zero-order valence-corrected chi connectivity index (χ0v) is 41.0. The first-order valence-electron chi connectivity index (χ1n) is 25.1. The third kappa shape index (κ3) is 7.25. The van der Waals surface area contributed by atoms with E-state index >= 15 is 0 Å². The Bertz CT molecular complexity index is 3660. The van der Waals surface area contributed by atoms with Gasteiger partial charge >= 0.3 is 0 Å². The Hall–Kier alpha value is -8.72. The summed E-state index contributed by atoms with van der Waals surface area (Å²) in [5, 5.41) is 0. The lowest BCUT2D eigenvalue weighted by molar-refractivity contribution is 0.660. The zero-order valence-electron chi connectivity index (χ0n) is 41.0. The normalized spacial score (nSPS) is 13.5. The van der Waals surface area contributed by atoms with Crippen molar-refractivity contribution >= 4 is 0 Å². The number of nitrogens with zero attached hydrogens (tertiary/aromatic N) is 2. The third-order valence-electron chi connectivity index (χ3n) is 15.6. The Morgan fingerprint density at radius 1 is 0.222 bits per heavy atom. The summed E-state index contributed by atoms with van der Waals surface area (Å²) >= 11 is 0. The van der Waals surface area contributed by atoms with E-state index in [1.54, 1.807) is 0 Å². The molecule has 9 aromatic carbocycles. The smallest absolute Gasteiger partial charge is 0.0702 e. The fourth-order valence-corrected chi connectivity index (χ4v) is 11.8. The van der Waals surface area contributed by atoms with E-state index in [4.69, 9.17) is 9.97 Å². The van der Waals surface area contributed by atoms with Crippen molar-refractivity contribution in [3.05, 3.63) is 265 Å². The number of fused-ring (bicyclic) bond motifs is 6. The van der Waals surface area contributed by atoms with Crippen LogP contribution in [0.15, 0.2) is 243 Å². The van der Waals surface area contributed by atoms with Crippen LogP contribution < -0.4 is 0 Å². The minimum atomic E-state index is -0.0448. The Morgan fingerprint density at radius 3 is 0.931 bits per heavy atom. The van der Waals surface area contributed by atoms with Crippen LogP contribution in [0.2, 0.25) is 0 Å². The molecular formula is C70H52N2. The number of pyridine rings is 2. The van der Waals surface area contributed by atoms with Gasteiger partial charge in [-0.25, -0.2) is 0 Å². The van der Waals surface area contributed by atoms with Crippen LogP contribution in [0.5, 0.6) is 0 Å². The molecule has 0 spiro atoms. The Morgan fingerprint density at radius 2 is 0.528 bits per heavy atom. The van der Waals surface area contributed by atoms with Gasteiger partial charge in [0.15, 0.2) is 0 Å². The van der Waals surface area contributed by atoms with E-state index in [0.29, 0.717) is 0 Å². The molecule has 2 nitrogen and oxygen atoms in total. The molecule has 2 aliphatic rings. The van der Waals surface area contributed by atoms with E-state index < -0.39 is 0 Å². The molecule has 0 unspecified atom stereocenters. The molecule has 342 valence electrons. The second-order valence-electron chi connectivity index (χ2n) is 20.6. The molecule has 72 heavy (non-hydrogen) atoms. The number of hydrogen-bond donors (Lipinski definition) is 0. The number of aromatic nitrogens is 2. The molecule has 0 atom stereocenters. The first kappa shape index (κ1) is 43.3. The maximum atomic E-state index is 5.07. The highest BCUT2D eigenvalue weighted by Gasteiger charge is 2.36. The summed E-state index contributed by atoms with van der Waals surface area (Å²) in [4.78, 5) is 10.1. The molecule has 0 saturated heterocycles. The molecule has 2 heterocycles. The lowest BCUT2D eigenvalue weighted by atomic mass is 9.81. The van der Waals surface area contributed by atoms with E-state index in [-0.39, 0.29) is 10.8 Å². The first-order valence-corrected chi connectivity index (χ1v) is 25.1. The van der Waals surface area contributed by atoms with Gasteiger partial charge in [0.25, 0.3) is 0 Å².